The Morgan fingerprint density at radius 2 is 1.52 bits per heavy atom. The fourth-order valence-electron chi connectivity index (χ4n) is 2.58. The molecule has 3 aromatic rings. The minimum Gasteiger partial charge on any atom is -0.322 e. The predicted octanol–water partition coefficient (Wildman–Crippen LogP) is 4.36. The standard InChI is InChI=1S/C21H20N2O3S/c1-15-8-11-19(12-9-15)27(25,26)23-18-10-13-20(16(2)14-18)22-21(24)17-6-4-3-5-7-17/h3-14,23H,1-2H3,(H,22,24). The zero-order valence-electron chi connectivity index (χ0n) is 15.1. The van der Waals surface area contributed by atoms with Crippen molar-refractivity contribution < 1.29 is 13.2 Å². The summed E-state index contributed by atoms with van der Waals surface area (Å²) in [6.45, 7) is 3.71. The molecule has 0 aliphatic heterocycles. The van der Waals surface area contributed by atoms with Crippen molar-refractivity contribution in [3.63, 3.8) is 0 Å². The van der Waals surface area contributed by atoms with Gasteiger partial charge < -0.3 is 5.32 Å². The van der Waals surface area contributed by atoms with Crippen molar-refractivity contribution in [2.24, 2.45) is 0 Å². The Balaban J connectivity index is 1.76. The van der Waals surface area contributed by atoms with Crippen molar-refractivity contribution >= 4 is 27.3 Å². The number of benzene rings is 3. The Morgan fingerprint density at radius 1 is 0.852 bits per heavy atom. The molecule has 0 bridgehead atoms. The molecule has 3 aromatic carbocycles. The summed E-state index contributed by atoms with van der Waals surface area (Å²) in [6.07, 6.45) is 0. The van der Waals surface area contributed by atoms with Gasteiger partial charge in [-0.25, -0.2) is 8.42 Å². The van der Waals surface area contributed by atoms with Crippen molar-refractivity contribution in [2.45, 2.75) is 18.7 Å². The largest absolute Gasteiger partial charge is 0.322 e. The van der Waals surface area contributed by atoms with Gasteiger partial charge in [0.25, 0.3) is 15.9 Å². The Bertz CT molecular complexity index is 1060. The minimum absolute atomic E-state index is 0.201. The topological polar surface area (TPSA) is 75.3 Å². The second-order valence-electron chi connectivity index (χ2n) is 6.27. The maximum absolute atomic E-state index is 12.5. The monoisotopic (exact) mass is 380 g/mol. The first-order valence-corrected chi connectivity index (χ1v) is 9.90. The second kappa shape index (κ2) is 7.63. The normalized spacial score (nSPS) is 11.0. The summed E-state index contributed by atoms with van der Waals surface area (Å²) in [7, 11) is -3.66. The molecule has 0 aliphatic carbocycles. The smallest absolute Gasteiger partial charge is 0.261 e. The molecule has 0 saturated carbocycles. The van der Waals surface area contributed by atoms with E-state index in [4.69, 9.17) is 0 Å². The fourth-order valence-corrected chi connectivity index (χ4v) is 3.63. The third-order valence-corrected chi connectivity index (χ3v) is 5.49. The van der Waals surface area contributed by atoms with Gasteiger partial charge in [-0.3, -0.25) is 9.52 Å². The average Bonchev–Trinajstić information content (AvgIpc) is 2.64. The van der Waals surface area contributed by atoms with Crippen LogP contribution in [0.1, 0.15) is 21.5 Å². The van der Waals surface area contributed by atoms with Crippen molar-refractivity contribution in [2.75, 3.05) is 10.0 Å². The molecule has 0 unspecified atom stereocenters. The first kappa shape index (κ1) is 18.7. The quantitative estimate of drug-likeness (QED) is 0.691. The van der Waals surface area contributed by atoms with E-state index >= 15 is 0 Å². The van der Waals surface area contributed by atoms with Crippen LogP contribution in [0.3, 0.4) is 0 Å². The van der Waals surface area contributed by atoms with Crippen LogP contribution in [-0.2, 0) is 10.0 Å². The van der Waals surface area contributed by atoms with Crippen molar-refractivity contribution in [1.82, 2.24) is 0 Å². The van der Waals surface area contributed by atoms with Gasteiger partial charge in [0.15, 0.2) is 0 Å². The van der Waals surface area contributed by atoms with E-state index in [0.29, 0.717) is 16.9 Å². The SMILES string of the molecule is Cc1ccc(S(=O)(=O)Nc2ccc(NC(=O)c3ccccc3)c(C)c2)cc1. The number of hydrogen-bond donors (Lipinski definition) is 2. The summed E-state index contributed by atoms with van der Waals surface area (Å²) >= 11 is 0. The summed E-state index contributed by atoms with van der Waals surface area (Å²) in [5.41, 5.74) is 3.36. The first-order valence-electron chi connectivity index (χ1n) is 8.42. The van der Waals surface area contributed by atoms with E-state index in [1.165, 1.54) is 0 Å². The number of sulfonamides is 1. The molecule has 0 heterocycles. The van der Waals surface area contributed by atoms with E-state index in [-0.39, 0.29) is 10.8 Å². The van der Waals surface area contributed by atoms with Gasteiger partial charge in [0.1, 0.15) is 0 Å². The Morgan fingerprint density at radius 3 is 2.15 bits per heavy atom. The van der Waals surface area contributed by atoms with Gasteiger partial charge in [-0.1, -0.05) is 35.9 Å². The Kier molecular flexibility index (Phi) is 5.28. The molecule has 0 saturated heterocycles. The van der Waals surface area contributed by atoms with Gasteiger partial charge in [-0.15, -0.1) is 0 Å². The Labute approximate surface area is 159 Å². The van der Waals surface area contributed by atoms with Crippen LogP contribution < -0.4 is 10.0 Å². The molecular formula is C21H20N2O3S. The van der Waals surface area contributed by atoms with Crippen molar-refractivity contribution in [3.05, 3.63) is 89.5 Å². The van der Waals surface area contributed by atoms with E-state index in [1.807, 2.05) is 19.9 Å². The zero-order chi connectivity index (χ0) is 19.4. The highest BCUT2D eigenvalue weighted by Crippen LogP contribution is 2.23. The molecule has 2 N–H and O–H groups in total. The molecule has 0 radical (unpaired) electrons. The van der Waals surface area contributed by atoms with Gasteiger partial charge in [-0.2, -0.15) is 0 Å². The Hall–Kier alpha value is -3.12. The third-order valence-electron chi connectivity index (χ3n) is 4.09. The lowest BCUT2D eigenvalue weighted by Crippen LogP contribution is -2.14. The van der Waals surface area contributed by atoms with Crippen LogP contribution in [0.15, 0.2) is 77.7 Å². The number of nitrogens with one attached hydrogen (secondary N) is 2. The van der Waals surface area contributed by atoms with E-state index in [2.05, 4.69) is 10.0 Å². The van der Waals surface area contributed by atoms with Crippen LogP contribution in [0.2, 0.25) is 0 Å². The molecule has 5 nitrogen and oxygen atoms in total. The zero-order valence-corrected chi connectivity index (χ0v) is 15.9. The lowest BCUT2D eigenvalue weighted by Gasteiger charge is -2.12. The number of amides is 1. The summed E-state index contributed by atoms with van der Waals surface area (Å²) in [5, 5.41) is 2.84. The average molecular weight is 380 g/mol. The highest BCUT2D eigenvalue weighted by molar-refractivity contribution is 7.92. The molecule has 3 rings (SSSR count). The molecule has 0 aliphatic rings. The van der Waals surface area contributed by atoms with Crippen molar-refractivity contribution in [3.8, 4) is 0 Å². The number of carbonyl (C=O) groups excluding carboxylic acids is 1. The van der Waals surface area contributed by atoms with Gasteiger partial charge in [0, 0.05) is 16.9 Å². The molecule has 0 spiro atoms. The number of anilines is 2. The molecule has 0 fully saturated rings. The second-order valence-corrected chi connectivity index (χ2v) is 7.95. The van der Waals surface area contributed by atoms with Gasteiger partial charge in [0.2, 0.25) is 0 Å². The fraction of sp³-hybridized carbons (Fsp3) is 0.0952. The van der Waals surface area contributed by atoms with Crippen LogP contribution in [0.4, 0.5) is 11.4 Å². The minimum atomic E-state index is -3.66. The van der Waals surface area contributed by atoms with E-state index in [0.717, 1.165) is 11.1 Å². The summed E-state index contributed by atoms with van der Waals surface area (Å²) in [6, 6.07) is 20.5. The number of aryl methyl sites for hydroxylation is 2. The van der Waals surface area contributed by atoms with Gasteiger partial charge >= 0.3 is 0 Å². The van der Waals surface area contributed by atoms with Crippen LogP contribution in [0.5, 0.6) is 0 Å². The molecule has 27 heavy (non-hydrogen) atoms. The van der Waals surface area contributed by atoms with E-state index in [9.17, 15) is 13.2 Å². The van der Waals surface area contributed by atoms with Crippen LogP contribution in [0, 0.1) is 13.8 Å². The van der Waals surface area contributed by atoms with E-state index < -0.39 is 10.0 Å². The highest BCUT2D eigenvalue weighted by atomic mass is 32.2. The molecule has 1 amide bonds. The molecule has 0 atom stereocenters. The summed E-state index contributed by atoms with van der Waals surface area (Å²) < 4.78 is 27.5. The third kappa shape index (κ3) is 4.54. The first-order chi connectivity index (χ1) is 12.8. The van der Waals surface area contributed by atoms with Crippen LogP contribution in [0.25, 0.3) is 0 Å². The number of carbonyl (C=O) groups is 1. The number of hydrogen-bond acceptors (Lipinski definition) is 3. The molecular weight excluding hydrogens is 360 g/mol. The molecule has 0 aromatic heterocycles. The molecule has 138 valence electrons. The maximum Gasteiger partial charge on any atom is 0.261 e. The van der Waals surface area contributed by atoms with Gasteiger partial charge in [0.05, 0.1) is 4.90 Å². The molecule has 6 heteroatoms. The lowest BCUT2D eigenvalue weighted by molar-refractivity contribution is 0.102. The van der Waals surface area contributed by atoms with Crippen molar-refractivity contribution in [1.29, 1.82) is 0 Å². The van der Waals surface area contributed by atoms with Crippen LogP contribution in [-0.4, -0.2) is 14.3 Å². The summed E-state index contributed by atoms with van der Waals surface area (Å²) in [5.74, 6) is -0.216. The highest BCUT2D eigenvalue weighted by Gasteiger charge is 2.15. The summed E-state index contributed by atoms with van der Waals surface area (Å²) in [4.78, 5) is 12.5. The van der Waals surface area contributed by atoms with Gasteiger partial charge in [-0.05, 0) is 61.9 Å². The van der Waals surface area contributed by atoms with Crippen LogP contribution >= 0.6 is 0 Å². The predicted molar refractivity (Wildman–Crippen MR) is 108 cm³/mol. The number of rotatable bonds is 5. The lowest BCUT2D eigenvalue weighted by atomic mass is 10.1. The maximum atomic E-state index is 12.5. The van der Waals surface area contributed by atoms with E-state index in [1.54, 1.807) is 66.7 Å².